The van der Waals surface area contributed by atoms with Crippen LogP contribution in [0.15, 0.2) is 24.3 Å². The van der Waals surface area contributed by atoms with Crippen LogP contribution in [-0.2, 0) is 9.47 Å². The molecule has 0 heterocycles. The van der Waals surface area contributed by atoms with E-state index in [1.54, 1.807) is 24.3 Å². The molecule has 0 amide bonds. The van der Waals surface area contributed by atoms with Crippen molar-refractivity contribution in [3.05, 3.63) is 35.4 Å². The molecule has 0 radical (unpaired) electrons. The Balaban J connectivity index is 2.45. The fraction of sp³-hybridized carbons (Fsp3) is 0.636. The van der Waals surface area contributed by atoms with Gasteiger partial charge in [0.25, 0.3) is 0 Å². The zero-order chi connectivity index (χ0) is 19.4. The van der Waals surface area contributed by atoms with Crippen molar-refractivity contribution in [2.24, 2.45) is 11.8 Å². The molecule has 0 aliphatic rings. The molecule has 0 N–H and O–H groups in total. The van der Waals surface area contributed by atoms with Gasteiger partial charge in [-0.15, -0.1) is 0 Å². The Morgan fingerprint density at radius 1 is 0.885 bits per heavy atom. The second-order valence-corrected chi connectivity index (χ2v) is 7.26. The predicted molar refractivity (Wildman–Crippen MR) is 104 cm³/mol. The van der Waals surface area contributed by atoms with Gasteiger partial charge in [-0.1, -0.05) is 47.0 Å². The van der Waals surface area contributed by atoms with Crippen LogP contribution in [-0.4, -0.2) is 25.2 Å². The quantitative estimate of drug-likeness (QED) is 0.356. The molecule has 0 spiro atoms. The van der Waals surface area contributed by atoms with E-state index in [1.165, 1.54) is 0 Å². The summed E-state index contributed by atoms with van der Waals surface area (Å²) in [5.41, 5.74) is 0.923. The van der Waals surface area contributed by atoms with Gasteiger partial charge in [-0.2, -0.15) is 0 Å². The molecule has 0 saturated carbocycles. The summed E-state index contributed by atoms with van der Waals surface area (Å²) in [7, 11) is 0. The summed E-state index contributed by atoms with van der Waals surface area (Å²) in [5.74, 6) is 0.336. The number of hydrogen-bond acceptors (Lipinski definition) is 4. The lowest BCUT2D eigenvalue weighted by atomic mass is 10.0. The number of carbonyl (C=O) groups excluding carboxylic acids is 2. The van der Waals surface area contributed by atoms with E-state index in [4.69, 9.17) is 9.47 Å². The van der Waals surface area contributed by atoms with E-state index >= 15 is 0 Å². The van der Waals surface area contributed by atoms with Crippen molar-refractivity contribution < 1.29 is 19.1 Å². The van der Waals surface area contributed by atoms with Crippen molar-refractivity contribution in [3.63, 3.8) is 0 Å². The van der Waals surface area contributed by atoms with E-state index in [0.29, 0.717) is 36.2 Å². The van der Waals surface area contributed by atoms with Gasteiger partial charge in [-0.3, -0.25) is 0 Å². The minimum Gasteiger partial charge on any atom is -0.462 e. The molecule has 0 saturated heterocycles. The molecule has 0 aliphatic carbocycles. The van der Waals surface area contributed by atoms with Crippen molar-refractivity contribution in [3.8, 4) is 0 Å². The largest absolute Gasteiger partial charge is 0.462 e. The van der Waals surface area contributed by atoms with Crippen LogP contribution in [0.1, 0.15) is 86.9 Å². The number of esters is 2. The van der Waals surface area contributed by atoms with Crippen LogP contribution >= 0.6 is 0 Å². The molecule has 0 aliphatic heterocycles. The van der Waals surface area contributed by atoms with Gasteiger partial charge < -0.3 is 9.47 Å². The zero-order valence-electron chi connectivity index (χ0n) is 16.8. The average molecular weight is 363 g/mol. The minimum atomic E-state index is -0.348. The third kappa shape index (κ3) is 8.50. The van der Waals surface area contributed by atoms with E-state index in [9.17, 15) is 9.59 Å². The summed E-state index contributed by atoms with van der Waals surface area (Å²) >= 11 is 0. The van der Waals surface area contributed by atoms with Crippen LogP contribution in [0.25, 0.3) is 0 Å². The summed E-state index contributed by atoms with van der Waals surface area (Å²) in [5, 5.41) is 0. The van der Waals surface area contributed by atoms with Crippen molar-refractivity contribution in [1.29, 1.82) is 0 Å². The summed E-state index contributed by atoms with van der Waals surface area (Å²) < 4.78 is 10.7. The smallest absolute Gasteiger partial charge is 0.338 e. The standard InChI is InChI=1S/C22H34O4/c1-5-7-10-18(6-2)16-26-22(24)20-13-11-19(12-14-20)21(23)25-15-8-9-17(3)4/h11-14,17-18H,5-10,15-16H2,1-4H3. The Hall–Kier alpha value is -1.84. The molecule has 146 valence electrons. The van der Waals surface area contributed by atoms with Gasteiger partial charge in [-0.25, -0.2) is 9.59 Å². The van der Waals surface area contributed by atoms with E-state index in [1.807, 2.05) is 0 Å². The van der Waals surface area contributed by atoms with Crippen LogP contribution < -0.4 is 0 Å². The third-order valence-electron chi connectivity index (χ3n) is 4.51. The number of carbonyl (C=O) groups is 2. The molecular weight excluding hydrogens is 328 g/mol. The molecule has 4 nitrogen and oxygen atoms in total. The van der Waals surface area contributed by atoms with E-state index in [2.05, 4.69) is 27.7 Å². The molecule has 1 rings (SSSR count). The van der Waals surface area contributed by atoms with Crippen molar-refractivity contribution >= 4 is 11.9 Å². The molecule has 0 aromatic heterocycles. The Kier molecular flexibility index (Phi) is 10.7. The SMILES string of the molecule is CCCCC(CC)COC(=O)c1ccc(C(=O)OCCCC(C)C)cc1. The zero-order valence-corrected chi connectivity index (χ0v) is 16.8. The Bertz CT molecular complexity index is 534. The number of rotatable bonds is 12. The van der Waals surface area contributed by atoms with Crippen LogP contribution in [0, 0.1) is 11.8 Å². The molecule has 0 fully saturated rings. The number of hydrogen-bond donors (Lipinski definition) is 0. The highest BCUT2D eigenvalue weighted by Gasteiger charge is 2.13. The fourth-order valence-corrected chi connectivity index (χ4v) is 2.66. The van der Waals surface area contributed by atoms with Crippen molar-refractivity contribution in [2.75, 3.05) is 13.2 Å². The van der Waals surface area contributed by atoms with Crippen LogP contribution in [0.2, 0.25) is 0 Å². The van der Waals surface area contributed by atoms with Crippen molar-refractivity contribution in [1.82, 2.24) is 0 Å². The molecule has 1 aromatic carbocycles. The highest BCUT2D eigenvalue weighted by Crippen LogP contribution is 2.15. The number of ether oxygens (including phenoxy) is 2. The van der Waals surface area contributed by atoms with Crippen LogP contribution in [0.3, 0.4) is 0 Å². The first-order valence-corrected chi connectivity index (χ1v) is 9.92. The maximum atomic E-state index is 12.2. The third-order valence-corrected chi connectivity index (χ3v) is 4.51. The molecule has 4 heteroatoms. The van der Waals surface area contributed by atoms with Gasteiger partial charge in [0.2, 0.25) is 0 Å². The molecular formula is C22H34O4. The highest BCUT2D eigenvalue weighted by atomic mass is 16.5. The summed E-state index contributed by atoms with van der Waals surface area (Å²) in [6, 6.07) is 6.49. The maximum absolute atomic E-state index is 12.2. The fourth-order valence-electron chi connectivity index (χ4n) is 2.66. The van der Waals surface area contributed by atoms with Crippen LogP contribution in [0.5, 0.6) is 0 Å². The van der Waals surface area contributed by atoms with E-state index < -0.39 is 0 Å². The lowest BCUT2D eigenvalue weighted by Gasteiger charge is -2.14. The van der Waals surface area contributed by atoms with E-state index in [-0.39, 0.29) is 11.9 Å². The lowest BCUT2D eigenvalue weighted by Crippen LogP contribution is -2.14. The maximum Gasteiger partial charge on any atom is 0.338 e. The summed E-state index contributed by atoms with van der Waals surface area (Å²) in [6.07, 6.45) is 6.31. The minimum absolute atomic E-state index is 0.336. The van der Waals surface area contributed by atoms with Gasteiger partial charge in [0, 0.05) is 0 Å². The first-order chi connectivity index (χ1) is 12.5. The van der Waals surface area contributed by atoms with Gasteiger partial charge in [0.1, 0.15) is 0 Å². The Morgan fingerprint density at radius 3 is 1.96 bits per heavy atom. The molecule has 1 atom stereocenters. The molecule has 26 heavy (non-hydrogen) atoms. The monoisotopic (exact) mass is 362 g/mol. The average Bonchev–Trinajstić information content (AvgIpc) is 2.65. The first kappa shape index (κ1) is 22.2. The van der Waals surface area contributed by atoms with Gasteiger partial charge in [0.15, 0.2) is 0 Å². The Labute approximate surface area is 158 Å². The second kappa shape index (κ2) is 12.5. The van der Waals surface area contributed by atoms with Crippen molar-refractivity contribution in [2.45, 2.75) is 66.2 Å². The van der Waals surface area contributed by atoms with Gasteiger partial charge in [0.05, 0.1) is 24.3 Å². The number of unbranched alkanes of at least 4 members (excludes halogenated alkanes) is 1. The molecule has 1 unspecified atom stereocenters. The number of benzene rings is 1. The highest BCUT2D eigenvalue weighted by molar-refractivity contribution is 5.93. The Morgan fingerprint density at radius 2 is 1.46 bits per heavy atom. The molecule has 0 bridgehead atoms. The van der Waals surface area contributed by atoms with E-state index in [0.717, 1.165) is 38.5 Å². The topological polar surface area (TPSA) is 52.6 Å². The van der Waals surface area contributed by atoms with Crippen LogP contribution in [0.4, 0.5) is 0 Å². The van der Waals surface area contributed by atoms with Gasteiger partial charge >= 0.3 is 11.9 Å². The molecule has 1 aromatic rings. The lowest BCUT2D eigenvalue weighted by molar-refractivity contribution is 0.0425. The first-order valence-electron chi connectivity index (χ1n) is 9.92. The second-order valence-electron chi connectivity index (χ2n) is 7.26. The normalized spacial score (nSPS) is 12.0. The van der Waals surface area contributed by atoms with Gasteiger partial charge in [-0.05, 0) is 55.4 Å². The summed E-state index contributed by atoms with van der Waals surface area (Å²) in [4.78, 5) is 24.1. The predicted octanol–water partition coefficient (Wildman–Crippen LogP) is 5.65. The summed E-state index contributed by atoms with van der Waals surface area (Å²) in [6.45, 7) is 9.45.